The zero-order valence-corrected chi connectivity index (χ0v) is 11.4. The fraction of sp³-hybridized carbons (Fsp3) is 1.00. The van der Waals surface area contributed by atoms with Crippen LogP contribution in [0.25, 0.3) is 0 Å². The van der Waals surface area contributed by atoms with E-state index in [9.17, 15) is 0 Å². The summed E-state index contributed by atoms with van der Waals surface area (Å²) < 4.78 is 0. The van der Waals surface area contributed by atoms with Gasteiger partial charge in [0.1, 0.15) is 0 Å². The molecule has 78 valence electrons. The van der Waals surface area contributed by atoms with Crippen LogP contribution < -0.4 is 5.32 Å². The molecule has 2 unspecified atom stereocenters. The number of rotatable bonds is 1. The zero-order valence-electron chi connectivity index (χ0n) is 9.05. The van der Waals surface area contributed by atoms with Gasteiger partial charge in [-0.15, -0.1) is 24.0 Å². The average molecular weight is 287 g/mol. The van der Waals surface area contributed by atoms with Gasteiger partial charge in [0, 0.05) is 7.47 Å². The van der Waals surface area contributed by atoms with Crippen LogP contribution in [0.2, 0.25) is 0 Å². The quantitative estimate of drug-likeness (QED) is 0.727. The molecule has 1 aliphatic heterocycles. The predicted octanol–water partition coefficient (Wildman–Crippen LogP) is 3.53. The van der Waals surface area contributed by atoms with Gasteiger partial charge in [0.15, 0.2) is 0 Å². The molecule has 0 aromatic carbocycles. The van der Waals surface area contributed by atoms with Crippen molar-refractivity contribution in [1.82, 2.24) is 5.32 Å². The van der Waals surface area contributed by atoms with Crippen LogP contribution in [-0.4, -0.2) is 12.6 Å². The Labute approximate surface area is 96.2 Å². The molecule has 0 spiro atoms. The highest BCUT2D eigenvalue weighted by molar-refractivity contribution is 14.0. The molecule has 2 heteroatoms. The minimum absolute atomic E-state index is 0. The van der Waals surface area contributed by atoms with Crippen molar-refractivity contribution in [3.05, 3.63) is 0 Å². The second-order valence-electron chi connectivity index (χ2n) is 3.49. The maximum absolute atomic E-state index is 3.51. The third kappa shape index (κ3) is 4.65. The molecule has 0 amide bonds. The zero-order chi connectivity index (χ0) is 8.85. The van der Waals surface area contributed by atoms with Gasteiger partial charge in [-0.1, -0.05) is 34.6 Å². The van der Waals surface area contributed by atoms with Crippen LogP contribution in [0.3, 0.4) is 0 Å². The van der Waals surface area contributed by atoms with Crippen molar-refractivity contribution in [1.29, 1.82) is 0 Å². The van der Waals surface area contributed by atoms with Crippen molar-refractivity contribution >= 4 is 24.0 Å². The van der Waals surface area contributed by atoms with Gasteiger partial charge in [0.05, 0.1) is 0 Å². The maximum atomic E-state index is 3.51. The Hall–Kier alpha value is 0.690. The summed E-state index contributed by atoms with van der Waals surface area (Å²) in [6.45, 7) is 12.1. The SMILES string of the molecule is CC.CC(C)C1NCCC1C.I.[HH]. The lowest BCUT2D eigenvalue weighted by Gasteiger charge is -2.19. The van der Waals surface area contributed by atoms with Crippen LogP contribution in [0.5, 0.6) is 0 Å². The van der Waals surface area contributed by atoms with E-state index in [0.29, 0.717) is 0 Å². The fourth-order valence-electron chi connectivity index (χ4n) is 1.75. The van der Waals surface area contributed by atoms with Gasteiger partial charge in [0.2, 0.25) is 0 Å². The van der Waals surface area contributed by atoms with Crippen molar-refractivity contribution in [2.75, 3.05) is 6.54 Å². The first kappa shape index (κ1) is 15.2. The molecule has 0 aromatic rings. The Balaban J connectivity index is -0.000000234. The van der Waals surface area contributed by atoms with Gasteiger partial charge in [-0.2, -0.15) is 0 Å². The molecule has 1 fully saturated rings. The van der Waals surface area contributed by atoms with Crippen molar-refractivity contribution in [2.24, 2.45) is 11.8 Å². The first-order chi connectivity index (χ1) is 5.22. The standard InChI is InChI=1S/C8H17N.C2H6.HI.H2/c1-6(2)8-7(3)4-5-9-8;1-2;;/h6-9H,4-5H2,1-3H3;1-2H3;2*1H. The minimum atomic E-state index is 0. The van der Waals surface area contributed by atoms with Gasteiger partial charge < -0.3 is 5.32 Å². The summed E-state index contributed by atoms with van der Waals surface area (Å²) in [7, 11) is 0. The van der Waals surface area contributed by atoms with E-state index in [4.69, 9.17) is 0 Å². The fourth-order valence-corrected chi connectivity index (χ4v) is 1.75. The highest BCUT2D eigenvalue weighted by atomic mass is 127. The summed E-state index contributed by atoms with van der Waals surface area (Å²) in [4.78, 5) is 0. The van der Waals surface area contributed by atoms with Crippen LogP contribution in [0.1, 0.15) is 42.5 Å². The molecule has 0 radical (unpaired) electrons. The molecule has 2 atom stereocenters. The van der Waals surface area contributed by atoms with E-state index in [0.717, 1.165) is 17.9 Å². The van der Waals surface area contributed by atoms with E-state index in [1.54, 1.807) is 0 Å². The molecular formula is C10H26IN. The van der Waals surface area contributed by atoms with Crippen LogP contribution in [0.15, 0.2) is 0 Å². The van der Waals surface area contributed by atoms with Gasteiger partial charge in [0.25, 0.3) is 0 Å². The van der Waals surface area contributed by atoms with Crippen molar-refractivity contribution in [2.45, 2.75) is 47.1 Å². The maximum Gasteiger partial charge on any atom is 0.0116 e. The molecule has 1 N–H and O–H groups in total. The second kappa shape index (κ2) is 8.30. The molecule has 1 nitrogen and oxygen atoms in total. The Kier molecular flexibility index (Phi) is 10.5. The number of halogens is 1. The molecular weight excluding hydrogens is 261 g/mol. The molecule has 0 aliphatic carbocycles. The van der Waals surface area contributed by atoms with Gasteiger partial charge in [-0.3, -0.25) is 0 Å². The highest BCUT2D eigenvalue weighted by Crippen LogP contribution is 2.20. The van der Waals surface area contributed by atoms with Crippen molar-refractivity contribution in [3.63, 3.8) is 0 Å². The lowest BCUT2D eigenvalue weighted by atomic mass is 9.94. The normalized spacial score (nSPS) is 27.5. The second-order valence-corrected chi connectivity index (χ2v) is 3.49. The molecule has 0 aromatic heterocycles. The summed E-state index contributed by atoms with van der Waals surface area (Å²) >= 11 is 0. The molecule has 1 aliphatic rings. The van der Waals surface area contributed by atoms with Crippen LogP contribution >= 0.6 is 24.0 Å². The molecule has 12 heavy (non-hydrogen) atoms. The van der Waals surface area contributed by atoms with E-state index in [1.165, 1.54) is 13.0 Å². The summed E-state index contributed by atoms with van der Waals surface area (Å²) in [5.74, 6) is 1.70. The first-order valence-electron chi connectivity index (χ1n) is 4.95. The summed E-state index contributed by atoms with van der Waals surface area (Å²) in [5, 5.41) is 3.51. The van der Waals surface area contributed by atoms with Crippen LogP contribution in [0.4, 0.5) is 0 Å². The average Bonchev–Trinajstić information content (AvgIpc) is 2.39. The Morgan fingerprint density at radius 1 is 1.33 bits per heavy atom. The minimum Gasteiger partial charge on any atom is -0.313 e. The molecule has 1 rings (SSSR count). The van der Waals surface area contributed by atoms with Crippen molar-refractivity contribution in [3.8, 4) is 0 Å². The van der Waals surface area contributed by atoms with E-state index in [1.807, 2.05) is 13.8 Å². The highest BCUT2D eigenvalue weighted by Gasteiger charge is 2.24. The molecule has 1 heterocycles. The Morgan fingerprint density at radius 2 is 1.83 bits per heavy atom. The lowest BCUT2D eigenvalue weighted by molar-refractivity contribution is 0.375. The molecule has 0 bridgehead atoms. The van der Waals surface area contributed by atoms with Gasteiger partial charge >= 0.3 is 0 Å². The Bertz CT molecular complexity index is 98.9. The molecule has 0 saturated carbocycles. The lowest BCUT2D eigenvalue weighted by Crippen LogP contribution is -2.30. The van der Waals surface area contributed by atoms with E-state index in [2.05, 4.69) is 26.1 Å². The van der Waals surface area contributed by atoms with Crippen LogP contribution in [0, 0.1) is 11.8 Å². The van der Waals surface area contributed by atoms with E-state index in [-0.39, 0.29) is 25.4 Å². The number of hydrogen-bond acceptors (Lipinski definition) is 1. The van der Waals surface area contributed by atoms with Gasteiger partial charge in [-0.25, -0.2) is 0 Å². The Morgan fingerprint density at radius 3 is 2.00 bits per heavy atom. The monoisotopic (exact) mass is 287 g/mol. The van der Waals surface area contributed by atoms with Gasteiger partial charge in [-0.05, 0) is 24.8 Å². The van der Waals surface area contributed by atoms with E-state index >= 15 is 0 Å². The number of nitrogens with one attached hydrogen (secondary N) is 1. The third-order valence-corrected chi connectivity index (χ3v) is 2.31. The first-order valence-corrected chi connectivity index (χ1v) is 4.95. The summed E-state index contributed by atoms with van der Waals surface area (Å²) in [5.41, 5.74) is 0. The topological polar surface area (TPSA) is 12.0 Å². The predicted molar refractivity (Wildman–Crippen MR) is 69.3 cm³/mol. The molecule has 1 saturated heterocycles. The summed E-state index contributed by atoms with van der Waals surface area (Å²) in [6, 6.07) is 0.782. The largest absolute Gasteiger partial charge is 0.313 e. The summed E-state index contributed by atoms with van der Waals surface area (Å²) in [6.07, 6.45) is 1.36. The number of hydrogen-bond donors (Lipinski definition) is 1. The van der Waals surface area contributed by atoms with Crippen molar-refractivity contribution < 1.29 is 1.43 Å². The third-order valence-electron chi connectivity index (χ3n) is 2.31. The van der Waals surface area contributed by atoms with E-state index < -0.39 is 0 Å². The smallest absolute Gasteiger partial charge is 0.0116 e. The van der Waals surface area contributed by atoms with Crippen LogP contribution in [-0.2, 0) is 0 Å².